The average Bonchev–Trinajstić information content (AvgIpc) is 3.17. The number of hydrogen-bond donors (Lipinski definition) is 1. The van der Waals surface area contributed by atoms with Crippen molar-refractivity contribution >= 4 is 46.8 Å². The van der Waals surface area contributed by atoms with E-state index in [0.29, 0.717) is 54.0 Å². The third kappa shape index (κ3) is 25.7. The second-order valence-electron chi connectivity index (χ2n) is 15.5. The number of unbranched alkanes of at least 4 members (excludes halogenated alkanes) is 24. The molecule has 0 aliphatic heterocycles. The number of fused-ring (bicyclic) bond motifs is 1. The van der Waals surface area contributed by atoms with E-state index in [0.717, 1.165) is 25.7 Å². The Labute approximate surface area is 346 Å². The summed E-state index contributed by atoms with van der Waals surface area (Å²) >= 11 is 6.56. The monoisotopic (exact) mass is 809 g/mol. The third-order valence-corrected chi connectivity index (χ3v) is 10.9. The van der Waals surface area contributed by atoms with Gasteiger partial charge in [-0.15, -0.1) is 12.4 Å². The van der Waals surface area contributed by atoms with Crippen LogP contribution in [0.1, 0.15) is 199 Å². The van der Waals surface area contributed by atoms with E-state index in [1.807, 2.05) is 11.0 Å². The number of hydrogen-bond acceptors (Lipinski definition) is 7. The van der Waals surface area contributed by atoms with Gasteiger partial charge < -0.3 is 14.6 Å². The number of halogens is 2. The normalized spacial score (nSPS) is 11.3. The molecule has 0 aliphatic carbocycles. The summed E-state index contributed by atoms with van der Waals surface area (Å²) in [7, 11) is 0. The quantitative estimate of drug-likeness (QED) is 0.0541. The van der Waals surface area contributed by atoms with Crippen molar-refractivity contribution in [2.75, 3.05) is 26.3 Å². The van der Waals surface area contributed by atoms with Crippen molar-refractivity contribution < 1.29 is 24.2 Å². The van der Waals surface area contributed by atoms with Gasteiger partial charge in [-0.05, 0) is 31.0 Å². The SMILES string of the molecule is CCCCCCCCCCCCCCCC(=O)OCCN(CCOC(=O)CCCCCCCCCCCCCCC)Cc1cc(Cl)c2cccnc2c1O.Cl. The van der Waals surface area contributed by atoms with Crippen LogP contribution in [-0.4, -0.2) is 53.2 Å². The number of carbonyl (C=O) groups excluding carboxylic acids is 2. The number of phenolic OH excluding ortho intramolecular Hbond substituents is 1. The lowest BCUT2D eigenvalue weighted by molar-refractivity contribution is -0.144. The molecule has 1 heterocycles. The number of aromatic nitrogens is 1. The first-order valence-corrected chi connectivity index (χ1v) is 22.6. The molecule has 0 radical (unpaired) electrons. The van der Waals surface area contributed by atoms with Crippen LogP contribution < -0.4 is 0 Å². The van der Waals surface area contributed by atoms with Gasteiger partial charge >= 0.3 is 11.9 Å². The molecule has 0 aliphatic rings. The first kappa shape index (κ1) is 50.9. The zero-order valence-corrected chi connectivity index (χ0v) is 36.5. The minimum absolute atomic E-state index is 0. The number of rotatable bonds is 36. The summed E-state index contributed by atoms with van der Waals surface area (Å²) < 4.78 is 11.2. The molecule has 2 aromatic rings. The highest BCUT2D eigenvalue weighted by Crippen LogP contribution is 2.33. The van der Waals surface area contributed by atoms with Gasteiger partial charge in [0.1, 0.15) is 24.5 Å². The Morgan fingerprint density at radius 1 is 0.636 bits per heavy atom. The molecule has 0 saturated carbocycles. The smallest absolute Gasteiger partial charge is 0.305 e. The molecule has 7 nitrogen and oxygen atoms in total. The van der Waals surface area contributed by atoms with Crippen LogP contribution in [0.3, 0.4) is 0 Å². The maximum atomic E-state index is 12.5. The van der Waals surface area contributed by atoms with Gasteiger partial charge in [0, 0.05) is 49.6 Å². The summed E-state index contributed by atoms with van der Waals surface area (Å²) in [6.45, 7) is 6.22. The van der Waals surface area contributed by atoms with Crippen LogP contribution in [0.2, 0.25) is 5.02 Å². The van der Waals surface area contributed by atoms with E-state index >= 15 is 0 Å². The number of pyridine rings is 1. The second kappa shape index (κ2) is 35.1. The van der Waals surface area contributed by atoms with E-state index in [-0.39, 0.29) is 43.3 Å². The molecule has 55 heavy (non-hydrogen) atoms. The Morgan fingerprint density at radius 2 is 1.02 bits per heavy atom. The summed E-state index contributed by atoms with van der Waals surface area (Å²) in [5, 5.41) is 12.2. The standard InChI is InChI=1S/C46H77ClN2O5.ClH/c1-3-5-7-9-11-13-15-17-19-21-23-25-27-31-43(50)53-36-34-49(39-40-38-42(47)41-30-29-33-48-45(41)46(40)52)35-37-54-44(51)32-28-26-24-22-20-18-16-14-12-10-8-6-4-2;/h29-30,33,38,52H,3-28,31-32,34-37,39H2,1-2H3;1H. The molecule has 0 spiro atoms. The van der Waals surface area contributed by atoms with Gasteiger partial charge in [0.15, 0.2) is 0 Å². The maximum absolute atomic E-state index is 12.5. The van der Waals surface area contributed by atoms with Crippen LogP contribution >= 0.6 is 24.0 Å². The molecular weight excluding hydrogens is 731 g/mol. The number of phenols is 1. The van der Waals surface area contributed by atoms with E-state index in [1.165, 1.54) is 141 Å². The molecule has 0 amide bonds. The van der Waals surface area contributed by atoms with Crippen molar-refractivity contribution in [3.8, 4) is 5.75 Å². The number of carbonyl (C=O) groups is 2. The summed E-state index contributed by atoms with van der Waals surface area (Å²) in [5.74, 6) is -0.273. The van der Waals surface area contributed by atoms with Crippen LogP contribution in [0.15, 0.2) is 24.4 Å². The lowest BCUT2D eigenvalue weighted by Crippen LogP contribution is -2.32. The summed E-state index contributed by atoms with van der Waals surface area (Å²) in [4.78, 5) is 31.4. The minimum Gasteiger partial charge on any atom is -0.505 e. The molecule has 1 N–H and O–H groups in total. The molecule has 0 fully saturated rings. The van der Waals surface area contributed by atoms with Crippen molar-refractivity contribution in [1.29, 1.82) is 0 Å². The first-order chi connectivity index (χ1) is 26.5. The van der Waals surface area contributed by atoms with Crippen LogP contribution in [-0.2, 0) is 25.6 Å². The van der Waals surface area contributed by atoms with Gasteiger partial charge in [0.25, 0.3) is 0 Å². The second-order valence-corrected chi connectivity index (χ2v) is 15.9. The Kier molecular flexibility index (Phi) is 32.5. The lowest BCUT2D eigenvalue weighted by atomic mass is 10.0. The number of nitrogens with zero attached hydrogens (tertiary/aromatic N) is 2. The fourth-order valence-electron chi connectivity index (χ4n) is 7.16. The van der Waals surface area contributed by atoms with E-state index in [4.69, 9.17) is 21.1 Å². The lowest BCUT2D eigenvalue weighted by Gasteiger charge is -2.23. The van der Waals surface area contributed by atoms with Crippen LogP contribution in [0.4, 0.5) is 0 Å². The predicted octanol–water partition coefficient (Wildman–Crippen LogP) is 13.9. The average molecular weight is 810 g/mol. The summed E-state index contributed by atoms with van der Waals surface area (Å²) in [6.07, 6.45) is 35.5. The molecule has 0 bridgehead atoms. The largest absolute Gasteiger partial charge is 0.505 e. The van der Waals surface area contributed by atoms with Gasteiger partial charge in [-0.1, -0.05) is 180 Å². The van der Waals surface area contributed by atoms with Crippen molar-refractivity contribution in [3.63, 3.8) is 0 Å². The van der Waals surface area contributed by atoms with E-state index < -0.39 is 0 Å². The molecule has 1 aromatic carbocycles. The molecule has 0 saturated heterocycles. The Hall–Kier alpha value is -2.09. The number of esters is 2. The highest BCUT2D eigenvalue weighted by atomic mass is 35.5. The molecule has 0 unspecified atom stereocenters. The van der Waals surface area contributed by atoms with Gasteiger partial charge in [-0.25, -0.2) is 0 Å². The highest BCUT2D eigenvalue weighted by Gasteiger charge is 2.16. The molecular formula is C46H78Cl2N2O5. The van der Waals surface area contributed by atoms with Gasteiger partial charge in [0.05, 0.1) is 5.02 Å². The first-order valence-electron chi connectivity index (χ1n) is 22.2. The summed E-state index contributed by atoms with van der Waals surface area (Å²) in [6, 6.07) is 5.38. The minimum atomic E-state index is -0.178. The van der Waals surface area contributed by atoms with Gasteiger partial charge in [-0.2, -0.15) is 0 Å². The van der Waals surface area contributed by atoms with Crippen molar-refractivity contribution in [2.24, 2.45) is 0 Å². The van der Waals surface area contributed by atoms with Crippen molar-refractivity contribution in [2.45, 2.75) is 200 Å². The van der Waals surface area contributed by atoms with Crippen LogP contribution in [0.25, 0.3) is 10.9 Å². The number of aromatic hydroxyl groups is 1. The maximum Gasteiger partial charge on any atom is 0.305 e. The van der Waals surface area contributed by atoms with E-state index in [9.17, 15) is 14.7 Å². The van der Waals surface area contributed by atoms with Crippen LogP contribution in [0, 0.1) is 0 Å². The van der Waals surface area contributed by atoms with Crippen molar-refractivity contribution in [1.82, 2.24) is 9.88 Å². The predicted molar refractivity (Wildman–Crippen MR) is 233 cm³/mol. The van der Waals surface area contributed by atoms with Crippen molar-refractivity contribution in [3.05, 3.63) is 35.0 Å². The zero-order valence-electron chi connectivity index (χ0n) is 34.9. The molecule has 316 valence electrons. The fourth-order valence-corrected chi connectivity index (χ4v) is 7.45. The van der Waals surface area contributed by atoms with E-state index in [2.05, 4.69) is 18.8 Å². The van der Waals surface area contributed by atoms with Gasteiger partial charge in [0.2, 0.25) is 0 Å². The van der Waals surface area contributed by atoms with Crippen LogP contribution in [0.5, 0.6) is 5.75 Å². The highest BCUT2D eigenvalue weighted by molar-refractivity contribution is 6.35. The Bertz CT molecular complexity index is 1200. The van der Waals surface area contributed by atoms with Gasteiger partial charge in [-0.3, -0.25) is 19.5 Å². The zero-order chi connectivity index (χ0) is 38.9. The molecule has 0 atom stereocenters. The van der Waals surface area contributed by atoms with E-state index in [1.54, 1.807) is 18.3 Å². The topological polar surface area (TPSA) is 89.0 Å². The Morgan fingerprint density at radius 3 is 1.42 bits per heavy atom. The number of ether oxygens (including phenoxy) is 2. The third-order valence-electron chi connectivity index (χ3n) is 10.6. The Balaban J connectivity index is 0.0000151. The summed E-state index contributed by atoms with van der Waals surface area (Å²) in [5.41, 5.74) is 1.08. The number of benzene rings is 1. The molecule has 2 rings (SSSR count). The molecule has 9 heteroatoms. The molecule has 1 aromatic heterocycles. The fraction of sp³-hybridized carbons (Fsp3) is 0.761.